The molecule has 0 amide bonds. The number of hydrogen-bond acceptors (Lipinski definition) is 4. The molecule has 0 spiro atoms. The van der Waals surface area contributed by atoms with Crippen LogP contribution >= 0.6 is 0 Å². The van der Waals surface area contributed by atoms with E-state index in [-0.39, 0.29) is 11.7 Å². The zero-order valence-corrected chi connectivity index (χ0v) is 16.7. The molecule has 0 bridgehead atoms. The summed E-state index contributed by atoms with van der Waals surface area (Å²) in [6, 6.07) is 17.3. The van der Waals surface area contributed by atoms with Crippen LogP contribution in [0.4, 0.5) is 0 Å². The average molecular weight is 396 g/mol. The molecule has 3 aromatic heterocycles. The van der Waals surface area contributed by atoms with Gasteiger partial charge in [0.15, 0.2) is 5.65 Å². The van der Waals surface area contributed by atoms with E-state index in [0.29, 0.717) is 5.65 Å². The fraction of sp³-hybridized carbons (Fsp3) is 0.125. The van der Waals surface area contributed by atoms with E-state index in [9.17, 15) is 4.79 Å². The van der Waals surface area contributed by atoms with E-state index < -0.39 is 0 Å². The first-order valence-corrected chi connectivity index (χ1v) is 9.81. The Kier molecular flexibility index (Phi) is 4.32. The van der Waals surface area contributed by atoms with Gasteiger partial charge in [-0.1, -0.05) is 30.3 Å². The van der Waals surface area contributed by atoms with Crippen molar-refractivity contribution < 1.29 is 4.74 Å². The maximum Gasteiger partial charge on any atom is 0.249 e. The molecule has 0 saturated heterocycles. The molecular formula is C24H20N4O2. The number of H-pyrrole nitrogens is 1. The number of nitrogens with one attached hydrogen (secondary N) is 1. The number of benzene rings is 2. The highest BCUT2D eigenvalue weighted by Gasteiger charge is 2.13. The number of rotatable bonds is 4. The molecule has 148 valence electrons. The van der Waals surface area contributed by atoms with E-state index in [0.717, 1.165) is 38.9 Å². The summed E-state index contributed by atoms with van der Waals surface area (Å²) in [7, 11) is 0. The van der Waals surface area contributed by atoms with Gasteiger partial charge in [0.1, 0.15) is 5.75 Å². The minimum absolute atomic E-state index is 0.137. The Bertz CT molecular complexity index is 1420. The van der Waals surface area contributed by atoms with Gasteiger partial charge in [-0.2, -0.15) is 5.10 Å². The van der Waals surface area contributed by atoms with Crippen molar-refractivity contribution in [3.8, 4) is 28.0 Å². The maximum atomic E-state index is 12.2. The zero-order chi connectivity index (χ0) is 20.7. The molecule has 30 heavy (non-hydrogen) atoms. The molecule has 0 radical (unpaired) electrons. The number of nitrogens with zero attached hydrogens (tertiary/aromatic N) is 3. The van der Waals surface area contributed by atoms with Crippen molar-refractivity contribution in [3.63, 3.8) is 0 Å². The van der Waals surface area contributed by atoms with E-state index >= 15 is 0 Å². The Hall–Kier alpha value is -3.93. The summed E-state index contributed by atoms with van der Waals surface area (Å²) < 4.78 is 7.46. The molecule has 0 aliphatic heterocycles. The summed E-state index contributed by atoms with van der Waals surface area (Å²) >= 11 is 0. The lowest BCUT2D eigenvalue weighted by Gasteiger charge is -2.10. The van der Waals surface area contributed by atoms with E-state index in [1.54, 1.807) is 16.8 Å². The smallest absolute Gasteiger partial charge is 0.249 e. The third-order valence-corrected chi connectivity index (χ3v) is 4.96. The number of para-hydroxylation sites is 1. The van der Waals surface area contributed by atoms with Crippen molar-refractivity contribution in [2.24, 2.45) is 0 Å². The van der Waals surface area contributed by atoms with Gasteiger partial charge in [0, 0.05) is 46.1 Å². The standard InChI is InChI=1S/C24H20N4O2/c1-15(2)30-18-9-7-16(8-10-18)17-12-25-24-21(13-26-28(24)14-17)20-11-23(29)27-22-6-4-3-5-19(20)22/h3-15H,1-2H3,(H,27,29). The fourth-order valence-electron chi connectivity index (χ4n) is 3.64. The molecule has 5 aromatic rings. The highest BCUT2D eigenvalue weighted by Crippen LogP contribution is 2.30. The van der Waals surface area contributed by atoms with Gasteiger partial charge in [-0.05, 0) is 37.6 Å². The highest BCUT2D eigenvalue weighted by atomic mass is 16.5. The fourth-order valence-corrected chi connectivity index (χ4v) is 3.64. The largest absolute Gasteiger partial charge is 0.491 e. The quantitative estimate of drug-likeness (QED) is 0.478. The first-order valence-electron chi connectivity index (χ1n) is 9.81. The van der Waals surface area contributed by atoms with Gasteiger partial charge in [-0.15, -0.1) is 0 Å². The predicted molar refractivity (Wildman–Crippen MR) is 118 cm³/mol. The van der Waals surface area contributed by atoms with Crippen LogP contribution in [0, 0.1) is 0 Å². The van der Waals surface area contributed by atoms with Gasteiger partial charge in [-0.25, -0.2) is 9.50 Å². The van der Waals surface area contributed by atoms with E-state index in [4.69, 9.17) is 4.74 Å². The van der Waals surface area contributed by atoms with Crippen molar-refractivity contribution >= 4 is 16.6 Å². The van der Waals surface area contributed by atoms with Crippen molar-refractivity contribution in [2.75, 3.05) is 0 Å². The van der Waals surface area contributed by atoms with Crippen LogP contribution in [0.2, 0.25) is 0 Å². The number of pyridine rings is 1. The summed E-state index contributed by atoms with van der Waals surface area (Å²) in [6.45, 7) is 4.01. The molecule has 0 unspecified atom stereocenters. The summed E-state index contributed by atoms with van der Waals surface area (Å²) in [6.07, 6.45) is 5.67. The van der Waals surface area contributed by atoms with Crippen LogP contribution < -0.4 is 10.3 Å². The molecule has 3 heterocycles. The van der Waals surface area contributed by atoms with Crippen LogP contribution in [0.5, 0.6) is 5.75 Å². The van der Waals surface area contributed by atoms with Gasteiger partial charge in [0.05, 0.1) is 12.3 Å². The Morgan fingerprint density at radius 1 is 0.967 bits per heavy atom. The third-order valence-electron chi connectivity index (χ3n) is 4.96. The number of fused-ring (bicyclic) bond motifs is 2. The van der Waals surface area contributed by atoms with Crippen molar-refractivity contribution in [1.29, 1.82) is 0 Å². The predicted octanol–water partition coefficient (Wildman–Crippen LogP) is 4.69. The van der Waals surface area contributed by atoms with Crippen molar-refractivity contribution in [2.45, 2.75) is 20.0 Å². The molecular weight excluding hydrogens is 376 g/mol. The first-order chi connectivity index (χ1) is 14.6. The molecule has 5 rings (SSSR count). The van der Waals surface area contributed by atoms with E-state index in [1.165, 1.54) is 0 Å². The molecule has 2 aromatic carbocycles. The molecule has 6 heteroatoms. The number of ether oxygens (including phenoxy) is 1. The van der Waals surface area contributed by atoms with Crippen LogP contribution in [0.25, 0.3) is 38.8 Å². The number of aromatic amines is 1. The molecule has 0 fully saturated rings. The number of hydrogen-bond donors (Lipinski definition) is 1. The van der Waals surface area contributed by atoms with Crippen LogP contribution in [0.15, 0.2) is 78.0 Å². The summed E-state index contributed by atoms with van der Waals surface area (Å²) in [4.78, 5) is 19.7. The van der Waals surface area contributed by atoms with Crippen molar-refractivity contribution in [3.05, 3.63) is 83.5 Å². The second-order valence-electron chi connectivity index (χ2n) is 7.45. The molecule has 0 saturated carbocycles. The monoisotopic (exact) mass is 396 g/mol. The second-order valence-corrected chi connectivity index (χ2v) is 7.45. The Morgan fingerprint density at radius 3 is 2.57 bits per heavy atom. The van der Waals surface area contributed by atoms with Gasteiger partial charge in [-0.3, -0.25) is 4.79 Å². The first kappa shape index (κ1) is 18.1. The second kappa shape index (κ2) is 7.15. The van der Waals surface area contributed by atoms with Crippen LogP contribution in [-0.2, 0) is 0 Å². The van der Waals surface area contributed by atoms with E-state index in [2.05, 4.69) is 15.1 Å². The van der Waals surface area contributed by atoms with Crippen LogP contribution in [0.3, 0.4) is 0 Å². The topological polar surface area (TPSA) is 72.3 Å². The zero-order valence-electron chi connectivity index (χ0n) is 16.7. The maximum absolute atomic E-state index is 12.2. The molecule has 0 aliphatic carbocycles. The number of aromatic nitrogens is 4. The average Bonchev–Trinajstić information content (AvgIpc) is 3.16. The van der Waals surface area contributed by atoms with Crippen molar-refractivity contribution in [1.82, 2.24) is 19.6 Å². The normalized spacial score (nSPS) is 11.4. The SMILES string of the molecule is CC(C)Oc1ccc(-c2cnc3c(-c4cc(=O)[nH]c5ccccc45)cnn3c2)cc1. The Balaban J connectivity index is 1.58. The minimum atomic E-state index is -0.150. The third kappa shape index (κ3) is 3.22. The van der Waals surface area contributed by atoms with Gasteiger partial charge in [0.2, 0.25) is 5.56 Å². The Labute approximate surface area is 172 Å². The lowest BCUT2D eigenvalue weighted by atomic mass is 10.0. The Morgan fingerprint density at radius 2 is 1.77 bits per heavy atom. The minimum Gasteiger partial charge on any atom is -0.491 e. The molecule has 0 aliphatic rings. The van der Waals surface area contributed by atoms with Gasteiger partial charge < -0.3 is 9.72 Å². The van der Waals surface area contributed by atoms with Gasteiger partial charge >= 0.3 is 0 Å². The highest BCUT2D eigenvalue weighted by molar-refractivity contribution is 5.97. The molecule has 1 N–H and O–H groups in total. The summed E-state index contributed by atoms with van der Waals surface area (Å²) in [5.74, 6) is 0.838. The van der Waals surface area contributed by atoms with Gasteiger partial charge in [0.25, 0.3) is 0 Å². The molecule has 6 nitrogen and oxygen atoms in total. The summed E-state index contributed by atoms with van der Waals surface area (Å²) in [5, 5.41) is 5.45. The van der Waals surface area contributed by atoms with Crippen LogP contribution in [-0.4, -0.2) is 25.7 Å². The van der Waals surface area contributed by atoms with Crippen LogP contribution in [0.1, 0.15) is 13.8 Å². The molecule has 0 atom stereocenters. The lowest BCUT2D eigenvalue weighted by Crippen LogP contribution is -2.05. The van der Waals surface area contributed by atoms with E-state index in [1.807, 2.05) is 74.8 Å². The lowest BCUT2D eigenvalue weighted by molar-refractivity contribution is 0.242. The summed E-state index contributed by atoms with van der Waals surface area (Å²) in [5.41, 5.74) is 4.96.